The second-order valence-electron chi connectivity index (χ2n) is 5.10. The highest BCUT2D eigenvalue weighted by molar-refractivity contribution is 6.08. The van der Waals surface area contributed by atoms with Gasteiger partial charge in [-0.05, 0) is 19.8 Å². The van der Waals surface area contributed by atoms with Gasteiger partial charge in [-0.2, -0.15) is 0 Å². The van der Waals surface area contributed by atoms with Crippen molar-refractivity contribution < 1.29 is 19.5 Å². The van der Waals surface area contributed by atoms with Crippen LogP contribution in [0.25, 0.3) is 0 Å². The molecule has 1 saturated carbocycles. The first-order valence-corrected chi connectivity index (χ1v) is 6.07. The van der Waals surface area contributed by atoms with Crippen molar-refractivity contribution in [1.82, 2.24) is 4.90 Å². The third-order valence-corrected chi connectivity index (χ3v) is 3.99. The molecular formula is C12H17NO4. The number of nitrogens with zero attached hydrogens (tertiary/aromatic N) is 1. The van der Waals surface area contributed by atoms with Gasteiger partial charge >= 0.3 is 5.97 Å². The lowest BCUT2D eigenvalue weighted by molar-refractivity contribution is -0.155. The highest BCUT2D eigenvalue weighted by atomic mass is 16.4. The first-order chi connectivity index (χ1) is 7.98. The normalized spacial score (nSPS) is 25.4. The van der Waals surface area contributed by atoms with Crippen LogP contribution in [0.3, 0.4) is 0 Å². The van der Waals surface area contributed by atoms with Crippen LogP contribution < -0.4 is 0 Å². The monoisotopic (exact) mass is 239 g/mol. The summed E-state index contributed by atoms with van der Waals surface area (Å²) in [5.41, 5.74) is -0.584. The van der Waals surface area contributed by atoms with Crippen molar-refractivity contribution in [2.45, 2.75) is 51.5 Å². The fourth-order valence-corrected chi connectivity index (χ4v) is 2.94. The van der Waals surface area contributed by atoms with Gasteiger partial charge in [-0.3, -0.25) is 14.5 Å². The Labute approximate surface area is 99.8 Å². The standard InChI is InChI=1S/C12H17NO4/c1-8(10(15)16)13-9(14)7-12(11(13)17)5-3-2-4-6-12/h8H,2-7H2,1H3,(H,15,16). The maximum Gasteiger partial charge on any atom is 0.326 e. The zero-order valence-corrected chi connectivity index (χ0v) is 9.94. The van der Waals surface area contributed by atoms with E-state index in [2.05, 4.69) is 0 Å². The van der Waals surface area contributed by atoms with E-state index >= 15 is 0 Å². The molecule has 1 atom stereocenters. The van der Waals surface area contributed by atoms with Crippen LogP contribution in [0.2, 0.25) is 0 Å². The molecule has 2 rings (SSSR count). The SMILES string of the molecule is CC(C(=O)O)N1C(=O)CC2(CCCCC2)C1=O. The van der Waals surface area contributed by atoms with Crippen LogP contribution in [0.15, 0.2) is 0 Å². The van der Waals surface area contributed by atoms with Gasteiger partial charge in [0.25, 0.3) is 0 Å². The lowest BCUT2D eigenvalue weighted by Gasteiger charge is -2.31. The van der Waals surface area contributed by atoms with Crippen molar-refractivity contribution in [3.8, 4) is 0 Å². The van der Waals surface area contributed by atoms with Gasteiger partial charge in [-0.15, -0.1) is 0 Å². The number of hydrogen-bond acceptors (Lipinski definition) is 3. The van der Waals surface area contributed by atoms with E-state index in [9.17, 15) is 14.4 Å². The Morgan fingerprint density at radius 1 is 1.29 bits per heavy atom. The molecule has 0 bridgehead atoms. The van der Waals surface area contributed by atoms with E-state index in [-0.39, 0.29) is 18.2 Å². The number of likely N-dealkylation sites (tertiary alicyclic amines) is 1. The molecule has 5 heteroatoms. The van der Waals surface area contributed by atoms with Crippen LogP contribution in [0.4, 0.5) is 0 Å². The number of hydrogen-bond donors (Lipinski definition) is 1. The van der Waals surface area contributed by atoms with Crippen LogP contribution in [0.5, 0.6) is 0 Å². The highest BCUT2D eigenvalue weighted by Gasteiger charge is 2.53. The van der Waals surface area contributed by atoms with E-state index in [1.165, 1.54) is 6.92 Å². The maximum absolute atomic E-state index is 12.3. The first kappa shape index (κ1) is 12.1. The number of aliphatic carboxylic acids is 1. The molecule has 2 aliphatic rings. The average molecular weight is 239 g/mol. The summed E-state index contributed by atoms with van der Waals surface area (Å²) in [6.45, 7) is 1.39. The summed E-state index contributed by atoms with van der Waals surface area (Å²) in [5.74, 6) is -1.72. The Hall–Kier alpha value is -1.39. The van der Waals surface area contributed by atoms with Gasteiger partial charge in [0, 0.05) is 6.42 Å². The zero-order valence-electron chi connectivity index (χ0n) is 9.94. The van der Waals surface area contributed by atoms with Crippen LogP contribution in [-0.4, -0.2) is 33.8 Å². The number of amides is 2. The molecule has 1 spiro atoms. The van der Waals surface area contributed by atoms with E-state index in [1.54, 1.807) is 0 Å². The smallest absolute Gasteiger partial charge is 0.326 e. The second-order valence-corrected chi connectivity index (χ2v) is 5.10. The van der Waals surface area contributed by atoms with Gasteiger partial charge in [0.2, 0.25) is 11.8 Å². The Balaban J connectivity index is 2.24. The van der Waals surface area contributed by atoms with Crippen molar-refractivity contribution in [3.63, 3.8) is 0 Å². The minimum Gasteiger partial charge on any atom is -0.480 e. The summed E-state index contributed by atoms with van der Waals surface area (Å²) in [5, 5.41) is 8.92. The van der Waals surface area contributed by atoms with Gasteiger partial charge in [0.05, 0.1) is 5.41 Å². The van der Waals surface area contributed by atoms with Crippen molar-refractivity contribution in [2.24, 2.45) is 5.41 Å². The van der Waals surface area contributed by atoms with Gasteiger partial charge in [0.1, 0.15) is 6.04 Å². The molecule has 2 amide bonds. The number of carboxylic acids is 1. The minimum absolute atomic E-state index is 0.198. The molecule has 1 heterocycles. The predicted molar refractivity (Wildman–Crippen MR) is 59.1 cm³/mol. The van der Waals surface area contributed by atoms with Gasteiger partial charge in [0.15, 0.2) is 0 Å². The van der Waals surface area contributed by atoms with E-state index in [0.717, 1.165) is 37.0 Å². The molecule has 94 valence electrons. The van der Waals surface area contributed by atoms with E-state index in [4.69, 9.17) is 5.11 Å². The Kier molecular flexibility index (Phi) is 2.93. The minimum atomic E-state index is -1.13. The summed E-state index contributed by atoms with van der Waals surface area (Å²) in [7, 11) is 0. The molecular weight excluding hydrogens is 222 g/mol. The average Bonchev–Trinajstić information content (AvgIpc) is 2.51. The molecule has 0 aromatic carbocycles. The van der Waals surface area contributed by atoms with E-state index < -0.39 is 17.4 Å². The van der Waals surface area contributed by atoms with Gasteiger partial charge in [-0.1, -0.05) is 19.3 Å². The van der Waals surface area contributed by atoms with Crippen LogP contribution in [0, 0.1) is 5.41 Å². The zero-order chi connectivity index (χ0) is 12.6. The van der Waals surface area contributed by atoms with Gasteiger partial charge < -0.3 is 5.11 Å². The lowest BCUT2D eigenvalue weighted by atomic mass is 9.73. The number of rotatable bonds is 2. The molecule has 1 aliphatic heterocycles. The van der Waals surface area contributed by atoms with Crippen LogP contribution in [-0.2, 0) is 14.4 Å². The number of carbonyl (C=O) groups is 3. The Morgan fingerprint density at radius 2 is 1.88 bits per heavy atom. The lowest BCUT2D eigenvalue weighted by Crippen LogP contribution is -2.45. The summed E-state index contributed by atoms with van der Waals surface area (Å²) in [6.07, 6.45) is 4.64. The number of imide groups is 1. The van der Waals surface area contributed by atoms with Crippen molar-refractivity contribution in [1.29, 1.82) is 0 Å². The molecule has 0 radical (unpaired) electrons. The fourth-order valence-electron chi connectivity index (χ4n) is 2.94. The van der Waals surface area contributed by atoms with Crippen molar-refractivity contribution >= 4 is 17.8 Å². The summed E-state index contributed by atoms with van der Waals surface area (Å²) in [4.78, 5) is 36.0. The third kappa shape index (κ3) is 1.83. The topological polar surface area (TPSA) is 74.7 Å². The second kappa shape index (κ2) is 4.13. The molecule has 5 nitrogen and oxygen atoms in total. The molecule has 17 heavy (non-hydrogen) atoms. The maximum atomic E-state index is 12.3. The Bertz CT molecular complexity index is 371. The first-order valence-electron chi connectivity index (χ1n) is 6.07. The van der Waals surface area contributed by atoms with E-state index in [0.29, 0.717) is 0 Å². The Morgan fingerprint density at radius 3 is 2.41 bits per heavy atom. The highest BCUT2D eigenvalue weighted by Crippen LogP contribution is 2.45. The summed E-state index contributed by atoms with van der Waals surface area (Å²) < 4.78 is 0. The predicted octanol–water partition coefficient (Wildman–Crippen LogP) is 1.17. The van der Waals surface area contributed by atoms with Crippen LogP contribution in [0.1, 0.15) is 45.4 Å². The molecule has 0 aromatic rings. The quantitative estimate of drug-likeness (QED) is 0.734. The fraction of sp³-hybridized carbons (Fsp3) is 0.750. The molecule has 1 saturated heterocycles. The van der Waals surface area contributed by atoms with E-state index in [1.807, 2.05) is 0 Å². The van der Waals surface area contributed by atoms with Crippen molar-refractivity contribution in [3.05, 3.63) is 0 Å². The number of carboxylic acid groups (broad SMARTS) is 1. The van der Waals surface area contributed by atoms with Crippen LogP contribution >= 0.6 is 0 Å². The van der Waals surface area contributed by atoms with Crippen molar-refractivity contribution in [2.75, 3.05) is 0 Å². The largest absolute Gasteiger partial charge is 0.480 e. The molecule has 2 fully saturated rings. The molecule has 1 N–H and O–H groups in total. The third-order valence-electron chi connectivity index (χ3n) is 3.99. The number of carbonyl (C=O) groups excluding carboxylic acids is 2. The van der Waals surface area contributed by atoms with Gasteiger partial charge in [-0.25, -0.2) is 4.79 Å². The summed E-state index contributed by atoms with van der Waals surface area (Å²) in [6, 6.07) is -1.05. The molecule has 0 aromatic heterocycles. The molecule has 1 aliphatic carbocycles. The summed E-state index contributed by atoms with van der Waals surface area (Å²) >= 11 is 0. The molecule has 1 unspecified atom stereocenters.